The Morgan fingerprint density at radius 1 is 1.20 bits per heavy atom. The Morgan fingerprint density at radius 3 is 2.60 bits per heavy atom. The van der Waals surface area contributed by atoms with Crippen molar-refractivity contribution in [3.63, 3.8) is 0 Å². The Kier molecular flexibility index (Phi) is 3.49. The van der Waals surface area contributed by atoms with Crippen LogP contribution in [-0.4, -0.2) is 37.8 Å². The molecule has 0 amide bonds. The topological polar surface area (TPSA) is 85.8 Å². The smallest absolute Gasteiger partial charge is 0.257 e. The van der Waals surface area contributed by atoms with E-state index in [-0.39, 0.29) is 5.95 Å². The van der Waals surface area contributed by atoms with Gasteiger partial charge in [-0.3, -0.25) is 0 Å². The van der Waals surface area contributed by atoms with Gasteiger partial charge in [0.05, 0.1) is 0 Å². The van der Waals surface area contributed by atoms with Crippen LogP contribution in [0.2, 0.25) is 0 Å². The maximum Gasteiger partial charge on any atom is 0.257 e. The maximum atomic E-state index is 5.80. The highest BCUT2D eigenvalue weighted by Crippen LogP contribution is 2.23. The van der Waals surface area contributed by atoms with Crippen LogP contribution in [0.5, 0.6) is 0 Å². The molecule has 0 atom stereocenters. The standard InChI is InChI=1S/C13H19N7/c1-2-10-4-8-19(9-5-10)12-16-11(14)17-13(18-12)20-7-3-6-15-20/h3,6-7,10H,2,4-5,8-9H2,1H3,(H2,14,16,17,18). The molecule has 0 unspecified atom stereocenters. The van der Waals surface area contributed by atoms with E-state index < -0.39 is 0 Å². The predicted molar refractivity (Wildman–Crippen MR) is 76.6 cm³/mol. The van der Waals surface area contributed by atoms with Crippen LogP contribution in [0, 0.1) is 5.92 Å². The monoisotopic (exact) mass is 273 g/mol. The zero-order chi connectivity index (χ0) is 13.9. The van der Waals surface area contributed by atoms with Gasteiger partial charge in [-0.25, -0.2) is 4.68 Å². The van der Waals surface area contributed by atoms with Crippen molar-refractivity contribution in [2.24, 2.45) is 5.92 Å². The lowest BCUT2D eigenvalue weighted by atomic mass is 9.95. The normalized spacial score (nSPS) is 16.6. The summed E-state index contributed by atoms with van der Waals surface area (Å²) >= 11 is 0. The summed E-state index contributed by atoms with van der Waals surface area (Å²) in [5.41, 5.74) is 5.80. The summed E-state index contributed by atoms with van der Waals surface area (Å²) in [7, 11) is 0. The van der Waals surface area contributed by atoms with Gasteiger partial charge in [0.15, 0.2) is 0 Å². The second kappa shape index (κ2) is 5.44. The number of hydrogen-bond donors (Lipinski definition) is 1. The highest BCUT2D eigenvalue weighted by Gasteiger charge is 2.21. The third-order valence-corrected chi connectivity index (χ3v) is 3.81. The molecule has 0 radical (unpaired) electrons. The number of aromatic nitrogens is 5. The van der Waals surface area contributed by atoms with Crippen molar-refractivity contribution in [2.75, 3.05) is 23.7 Å². The van der Waals surface area contributed by atoms with Gasteiger partial charge in [0.25, 0.3) is 5.95 Å². The summed E-state index contributed by atoms with van der Waals surface area (Å²) in [6, 6.07) is 1.83. The van der Waals surface area contributed by atoms with Gasteiger partial charge in [0.1, 0.15) is 0 Å². The van der Waals surface area contributed by atoms with Gasteiger partial charge in [-0.15, -0.1) is 0 Å². The van der Waals surface area contributed by atoms with Gasteiger partial charge in [0, 0.05) is 25.5 Å². The molecule has 3 heterocycles. The Labute approximate surface area is 117 Å². The van der Waals surface area contributed by atoms with Crippen molar-refractivity contribution in [1.82, 2.24) is 24.7 Å². The van der Waals surface area contributed by atoms with Crippen molar-refractivity contribution in [3.8, 4) is 5.95 Å². The fraction of sp³-hybridized carbons (Fsp3) is 0.538. The van der Waals surface area contributed by atoms with Crippen LogP contribution in [-0.2, 0) is 0 Å². The molecule has 106 valence electrons. The van der Waals surface area contributed by atoms with Gasteiger partial charge in [0.2, 0.25) is 11.9 Å². The van der Waals surface area contributed by atoms with Gasteiger partial charge < -0.3 is 10.6 Å². The van der Waals surface area contributed by atoms with E-state index in [1.54, 1.807) is 17.1 Å². The third kappa shape index (κ3) is 2.56. The Balaban J connectivity index is 1.83. The molecule has 1 saturated heterocycles. The zero-order valence-electron chi connectivity index (χ0n) is 11.6. The van der Waals surface area contributed by atoms with E-state index in [1.165, 1.54) is 19.3 Å². The van der Waals surface area contributed by atoms with Crippen molar-refractivity contribution in [1.29, 1.82) is 0 Å². The molecule has 7 nitrogen and oxygen atoms in total. The summed E-state index contributed by atoms with van der Waals surface area (Å²) < 4.78 is 1.60. The number of anilines is 2. The fourth-order valence-electron chi connectivity index (χ4n) is 2.54. The summed E-state index contributed by atoms with van der Waals surface area (Å²) in [5, 5.41) is 4.13. The first-order valence-corrected chi connectivity index (χ1v) is 7.02. The lowest BCUT2D eigenvalue weighted by Gasteiger charge is -2.31. The molecule has 7 heteroatoms. The molecule has 0 aromatic carbocycles. The SMILES string of the molecule is CCC1CCN(c2nc(N)nc(-n3cccn3)n2)CC1. The molecule has 0 saturated carbocycles. The van der Waals surface area contributed by atoms with Crippen molar-refractivity contribution in [2.45, 2.75) is 26.2 Å². The number of nitrogen functional groups attached to an aromatic ring is 1. The molecule has 3 rings (SSSR count). The summed E-state index contributed by atoms with van der Waals surface area (Å²) in [4.78, 5) is 15.0. The zero-order valence-corrected chi connectivity index (χ0v) is 11.6. The van der Waals surface area contributed by atoms with Crippen molar-refractivity contribution >= 4 is 11.9 Å². The first-order chi connectivity index (χ1) is 9.76. The van der Waals surface area contributed by atoms with Crippen LogP contribution in [0.3, 0.4) is 0 Å². The minimum absolute atomic E-state index is 0.234. The van der Waals surface area contributed by atoms with Crippen LogP contribution in [0.15, 0.2) is 18.5 Å². The van der Waals surface area contributed by atoms with E-state index >= 15 is 0 Å². The molecule has 0 bridgehead atoms. The molecule has 20 heavy (non-hydrogen) atoms. The molecule has 2 N–H and O–H groups in total. The molecular weight excluding hydrogens is 254 g/mol. The highest BCUT2D eigenvalue weighted by atomic mass is 15.4. The van der Waals surface area contributed by atoms with E-state index in [0.717, 1.165) is 19.0 Å². The predicted octanol–water partition coefficient (Wildman–Crippen LogP) is 1.27. The average Bonchev–Trinajstić information content (AvgIpc) is 3.01. The van der Waals surface area contributed by atoms with Gasteiger partial charge >= 0.3 is 0 Å². The average molecular weight is 273 g/mol. The molecule has 2 aromatic rings. The number of rotatable bonds is 3. The molecule has 0 spiro atoms. The summed E-state index contributed by atoms with van der Waals surface area (Å²) in [5.74, 6) is 2.17. The lowest BCUT2D eigenvalue weighted by Crippen LogP contribution is -2.35. The first kappa shape index (κ1) is 12.8. The second-order valence-electron chi connectivity index (χ2n) is 5.08. The van der Waals surface area contributed by atoms with Gasteiger partial charge in [-0.1, -0.05) is 13.3 Å². The quantitative estimate of drug-likeness (QED) is 0.906. The van der Waals surface area contributed by atoms with Crippen LogP contribution in [0.1, 0.15) is 26.2 Å². The van der Waals surface area contributed by atoms with E-state index in [9.17, 15) is 0 Å². The van der Waals surface area contributed by atoms with E-state index in [2.05, 4.69) is 31.9 Å². The number of piperidine rings is 1. The van der Waals surface area contributed by atoms with E-state index in [4.69, 9.17) is 5.73 Å². The second-order valence-corrected chi connectivity index (χ2v) is 5.08. The highest BCUT2D eigenvalue weighted by molar-refractivity contribution is 5.38. The molecule has 2 aromatic heterocycles. The van der Waals surface area contributed by atoms with Crippen molar-refractivity contribution < 1.29 is 0 Å². The lowest BCUT2D eigenvalue weighted by molar-refractivity contribution is 0.392. The van der Waals surface area contributed by atoms with Crippen LogP contribution in [0.4, 0.5) is 11.9 Å². The van der Waals surface area contributed by atoms with Gasteiger partial charge in [-0.05, 0) is 24.8 Å². The number of nitrogens with zero attached hydrogens (tertiary/aromatic N) is 6. The number of hydrogen-bond acceptors (Lipinski definition) is 6. The molecule has 0 aliphatic carbocycles. The minimum atomic E-state index is 0.234. The maximum absolute atomic E-state index is 5.80. The Bertz CT molecular complexity index is 558. The Morgan fingerprint density at radius 2 is 1.95 bits per heavy atom. The fourth-order valence-corrected chi connectivity index (χ4v) is 2.54. The van der Waals surface area contributed by atoms with E-state index in [1.807, 2.05) is 6.07 Å². The molecule has 1 aliphatic rings. The largest absolute Gasteiger partial charge is 0.368 e. The third-order valence-electron chi connectivity index (χ3n) is 3.81. The first-order valence-electron chi connectivity index (χ1n) is 7.02. The summed E-state index contributed by atoms with van der Waals surface area (Å²) in [6.07, 6.45) is 7.08. The number of nitrogens with two attached hydrogens (primary N) is 1. The summed E-state index contributed by atoms with van der Waals surface area (Å²) in [6.45, 7) is 4.19. The van der Waals surface area contributed by atoms with E-state index in [0.29, 0.717) is 11.9 Å². The molecular formula is C13H19N7. The van der Waals surface area contributed by atoms with Crippen molar-refractivity contribution in [3.05, 3.63) is 18.5 Å². The van der Waals surface area contributed by atoms with Crippen LogP contribution < -0.4 is 10.6 Å². The van der Waals surface area contributed by atoms with Crippen LogP contribution in [0.25, 0.3) is 5.95 Å². The Hall–Kier alpha value is -2.18. The minimum Gasteiger partial charge on any atom is -0.368 e. The molecule has 1 fully saturated rings. The molecule has 1 aliphatic heterocycles. The van der Waals surface area contributed by atoms with Gasteiger partial charge in [-0.2, -0.15) is 20.1 Å². The van der Waals surface area contributed by atoms with Crippen LogP contribution >= 0.6 is 0 Å².